The highest BCUT2D eigenvalue weighted by Gasteiger charge is 2.42. The molecule has 1 rings (SSSR count). The number of hydrogen-bond donors (Lipinski definition) is 4. The summed E-state index contributed by atoms with van der Waals surface area (Å²) in [6.45, 7) is -0.371. The monoisotopic (exact) mass is 290 g/mol. The predicted molar refractivity (Wildman–Crippen MR) is 47.8 cm³/mol. The molecule has 0 aromatic carbocycles. The Kier molecular flexibility index (Phi) is 3.68. The molecule has 6 heteroatoms. The van der Waals surface area contributed by atoms with Gasteiger partial charge in [0.05, 0.1) is 6.61 Å². The van der Waals surface area contributed by atoms with Gasteiger partial charge in [-0.1, -0.05) is 0 Å². The molecule has 1 saturated heterocycles. The zero-order chi connectivity index (χ0) is 9.30. The van der Waals surface area contributed by atoms with Gasteiger partial charge in [-0.2, -0.15) is 0 Å². The average molecular weight is 290 g/mol. The van der Waals surface area contributed by atoms with Crippen molar-refractivity contribution in [1.29, 1.82) is 0 Å². The molecule has 5 nitrogen and oxygen atoms in total. The highest BCUT2D eigenvalue weighted by Crippen LogP contribution is 2.24. The summed E-state index contributed by atoms with van der Waals surface area (Å²) in [5.74, 6) is 0. The van der Waals surface area contributed by atoms with E-state index >= 15 is 0 Å². The summed E-state index contributed by atoms with van der Waals surface area (Å²) in [5.41, 5.74) is 0. The number of aliphatic hydroxyl groups excluding tert-OH is 4. The number of rotatable bonds is 1. The van der Waals surface area contributed by atoms with Crippen LogP contribution in [0.25, 0.3) is 0 Å². The maximum Gasteiger partial charge on any atom is 0.137 e. The van der Waals surface area contributed by atoms with Crippen LogP contribution >= 0.6 is 22.6 Å². The van der Waals surface area contributed by atoms with E-state index in [4.69, 9.17) is 9.84 Å². The fourth-order valence-corrected chi connectivity index (χ4v) is 1.86. The van der Waals surface area contributed by atoms with Gasteiger partial charge < -0.3 is 25.2 Å². The Morgan fingerprint density at radius 3 is 2.17 bits per heavy atom. The lowest BCUT2D eigenvalue weighted by Gasteiger charge is -2.37. The molecule has 1 aliphatic heterocycles. The minimum absolute atomic E-state index is 0.371. The van der Waals surface area contributed by atoms with Gasteiger partial charge in [0.2, 0.25) is 0 Å². The van der Waals surface area contributed by atoms with Crippen molar-refractivity contribution >= 4 is 22.6 Å². The molecular weight excluding hydrogens is 279 g/mol. The molecule has 0 aromatic rings. The summed E-state index contributed by atoms with van der Waals surface area (Å²) in [7, 11) is 0. The zero-order valence-electron chi connectivity index (χ0n) is 6.17. The van der Waals surface area contributed by atoms with Crippen LogP contribution in [-0.2, 0) is 4.74 Å². The fourth-order valence-electron chi connectivity index (χ4n) is 1.06. The van der Waals surface area contributed by atoms with Crippen LogP contribution in [0.1, 0.15) is 0 Å². The van der Waals surface area contributed by atoms with Gasteiger partial charge in [-0.15, -0.1) is 0 Å². The van der Waals surface area contributed by atoms with Crippen molar-refractivity contribution in [3.8, 4) is 0 Å². The first-order chi connectivity index (χ1) is 5.57. The lowest BCUT2D eigenvalue weighted by atomic mass is 10.0. The Hall–Kier alpha value is 0.530. The second-order valence-electron chi connectivity index (χ2n) is 2.68. The van der Waals surface area contributed by atoms with E-state index < -0.39 is 28.5 Å². The van der Waals surface area contributed by atoms with Crippen molar-refractivity contribution < 1.29 is 25.2 Å². The molecule has 12 heavy (non-hydrogen) atoms. The van der Waals surface area contributed by atoms with Crippen LogP contribution in [0.15, 0.2) is 0 Å². The standard InChI is InChI=1S/C6H11IO5/c7-6-5(11)4(10)3(9)2(1-8)12-6/h2-6,8-11H,1H2/t2-,3+,4+,5-,6?/m1/s1. The van der Waals surface area contributed by atoms with E-state index in [-0.39, 0.29) is 6.61 Å². The molecule has 0 amide bonds. The van der Waals surface area contributed by atoms with Crippen molar-refractivity contribution in [2.24, 2.45) is 0 Å². The zero-order valence-corrected chi connectivity index (χ0v) is 8.33. The van der Waals surface area contributed by atoms with Gasteiger partial charge in [0, 0.05) is 0 Å². The largest absolute Gasteiger partial charge is 0.394 e. The van der Waals surface area contributed by atoms with Crippen molar-refractivity contribution in [3.63, 3.8) is 0 Å². The molecule has 1 heterocycles. The smallest absolute Gasteiger partial charge is 0.137 e. The minimum Gasteiger partial charge on any atom is -0.394 e. The van der Waals surface area contributed by atoms with Crippen molar-refractivity contribution in [3.05, 3.63) is 0 Å². The average Bonchev–Trinajstić information content (AvgIpc) is 2.08. The van der Waals surface area contributed by atoms with E-state index in [1.807, 2.05) is 0 Å². The van der Waals surface area contributed by atoms with E-state index in [1.54, 1.807) is 22.6 Å². The van der Waals surface area contributed by atoms with Gasteiger partial charge in [-0.3, -0.25) is 0 Å². The van der Waals surface area contributed by atoms with Crippen molar-refractivity contribution in [2.45, 2.75) is 28.5 Å². The second-order valence-corrected chi connectivity index (χ2v) is 3.91. The number of hydrogen-bond acceptors (Lipinski definition) is 5. The van der Waals surface area contributed by atoms with E-state index in [2.05, 4.69) is 0 Å². The topological polar surface area (TPSA) is 90.2 Å². The van der Waals surface area contributed by atoms with Crippen LogP contribution in [0.3, 0.4) is 0 Å². The number of alkyl halides is 1. The maximum atomic E-state index is 9.23. The molecule has 0 spiro atoms. The predicted octanol–water partition coefficient (Wildman–Crippen LogP) is -1.78. The van der Waals surface area contributed by atoms with Crippen LogP contribution in [0.4, 0.5) is 0 Å². The summed E-state index contributed by atoms with van der Waals surface area (Å²) in [6, 6.07) is 0. The molecule has 1 unspecified atom stereocenters. The Balaban J connectivity index is 2.63. The van der Waals surface area contributed by atoms with Gasteiger partial charge in [0.1, 0.15) is 28.5 Å². The summed E-state index contributed by atoms with van der Waals surface area (Å²) in [5, 5.41) is 36.4. The van der Waals surface area contributed by atoms with E-state index in [0.717, 1.165) is 0 Å². The number of aliphatic hydroxyl groups is 4. The van der Waals surface area contributed by atoms with Crippen LogP contribution in [0, 0.1) is 0 Å². The SMILES string of the molecule is OC[C@H]1OC(I)[C@H](O)[C@@H](O)[C@H]1O. The molecule has 0 radical (unpaired) electrons. The van der Waals surface area contributed by atoms with E-state index in [1.165, 1.54) is 0 Å². The molecule has 0 aromatic heterocycles. The fraction of sp³-hybridized carbons (Fsp3) is 1.00. The van der Waals surface area contributed by atoms with Crippen LogP contribution in [0.5, 0.6) is 0 Å². The highest BCUT2D eigenvalue weighted by atomic mass is 127. The third-order valence-electron chi connectivity index (χ3n) is 1.83. The van der Waals surface area contributed by atoms with Crippen LogP contribution in [0.2, 0.25) is 0 Å². The van der Waals surface area contributed by atoms with Crippen molar-refractivity contribution in [2.75, 3.05) is 6.61 Å². The molecule has 1 aliphatic rings. The number of halogens is 1. The van der Waals surface area contributed by atoms with Gasteiger partial charge in [-0.05, 0) is 22.6 Å². The highest BCUT2D eigenvalue weighted by molar-refractivity contribution is 14.1. The van der Waals surface area contributed by atoms with Gasteiger partial charge >= 0.3 is 0 Å². The first kappa shape index (κ1) is 10.6. The Bertz CT molecular complexity index is 150. The molecule has 1 fully saturated rings. The lowest BCUT2D eigenvalue weighted by Crippen LogP contribution is -2.56. The molecule has 4 N–H and O–H groups in total. The normalized spacial score (nSPS) is 49.2. The quantitative estimate of drug-likeness (QED) is 0.339. The number of ether oxygens (including phenoxy) is 1. The third kappa shape index (κ3) is 1.88. The van der Waals surface area contributed by atoms with Gasteiger partial charge in [0.15, 0.2) is 0 Å². The van der Waals surface area contributed by atoms with Crippen molar-refractivity contribution in [1.82, 2.24) is 0 Å². The molecule has 72 valence electrons. The lowest BCUT2D eigenvalue weighted by molar-refractivity contribution is -0.201. The van der Waals surface area contributed by atoms with E-state index in [9.17, 15) is 15.3 Å². The third-order valence-corrected chi connectivity index (χ3v) is 2.86. The summed E-state index contributed by atoms with van der Waals surface area (Å²) in [4.78, 5) is 0. The Morgan fingerprint density at radius 1 is 1.08 bits per heavy atom. The summed E-state index contributed by atoms with van der Waals surface area (Å²) in [6.07, 6.45) is -4.40. The molecular formula is C6H11IO5. The molecule has 0 saturated carbocycles. The molecule has 0 bridgehead atoms. The van der Waals surface area contributed by atoms with Gasteiger partial charge in [0.25, 0.3) is 0 Å². The van der Waals surface area contributed by atoms with Crippen LogP contribution < -0.4 is 0 Å². The first-order valence-corrected chi connectivity index (χ1v) is 4.77. The molecule has 0 aliphatic carbocycles. The second kappa shape index (κ2) is 4.16. The maximum absolute atomic E-state index is 9.23. The molecule has 5 atom stereocenters. The van der Waals surface area contributed by atoms with Gasteiger partial charge in [-0.25, -0.2) is 0 Å². The Morgan fingerprint density at radius 2 is 1.67 bits per heavy atom. The van der Waals surface area contributed by atoms with Crippen LogP contribution in [-0.4, -0.2) is 55.6 Å². The Labute approximate surface area is 83.1 Å². The van der Waals surface area contributed by atoms with E-state index in [0.29, 0.717) is 0 Å². The first-order valence-electron chi connectivity index (χ1n) is 3.52. The summed E-state index contributed by atoms with van der Waals surface area (Å²) < 4.78 is 4.41. The minimum atomic E-state index is -1.25. The summed E-state index contributed by atoms with van der Waals surface area (Å²) >= 11 is 1.79.